The summed E-state index contributed by atoms with van der Waals surface area (Å²) in [6.45, 7) is 4.03. The molecule has 1 saturated heterocycles. The van der Waals surface area contributed by atoms with E-state index in [0.717, 1.165) is 63.3 Å². The minimum atomic E-state index is -0.912. The molecular formula is C26H35ClN6O4S. The van der Waals surface area contributed by atoms with E-state index in [0.29, 0.717) is 36.8 Å². The zero-order valence-corrected chi connectivity index (χ0v) is 22.9. The molecule has 0 spiro atoms. The summed E-state index contributed by atoms with van der Waals surface area (Å²) in [5, 5.41) is 3.72. The first-order valence-corrected chi connectivity index (χ1v) is 14.2. The highest BCUT2D eigenvalue weighted by atomic mass is 35.5. The van der Waals surface area contributed by atoms with E-state index >= 15 is 0 Å². The van der Waals surface area contributed by atoms with Crippen LogP contribution in [-0.2, 0) is 9.53 Å². The highest BCUT2D eigenvalue weighted by Gasteiger charge is 2.35. The Labute approximate surface area is 231 Å². The summed E-state index contributed by atoms with van der Waals surface area (Å²) in [4.78, 5) is 43.5. The number of nitrogens with one attached hydrogen (secondary N) is 1. The van der Waals surface area contributed by atoms with E-state index in [1.807, 2.05) is 0 Å². The summed E-state index contributed by atoms with van der Waals surface area (Å²) >= 11 is 6.97. The maximum absolute atomic E-state index is 14.0. The summed E-state index contributed by atoms with van der Waals surface area (Å²) in [6, 6.07) is 6.10. The molecule has 1 atom stereocenters. The maximum Gasteiger partial charge on any atom is 0.270 e. The number of halogens is 1. The SMILES string of the molecule is NC(=O)c1nsc(C(=O)N(CCCN2CCOCC2)[C@H](C(=O)NC2CCCCC2)c2ccc(Cl)cc2)c1N. The monoisotopic (exact) mass is 562 g/mol. The van der Waals surface area contributed by atoms with Crippen molar-refractivity contribution in [2.24, 2.45) is 5.73 Å². The van der Waals surface area contributed by atoms with Crippen LogP contribution in [0.5, 0.6) is 0 Å². The Kier molecular flexibility index (Phi) is 9.95. The van der Waals surface area contributed by atoms with Crippen molar-refractivity contribution >= 4 is 46.5 Å². The number of hydrogen-bond donors (Lipinski definition) is 3. The number of amides is 3. The van der Waals surface area contributed by atoms with Crippen LogP contribution in [0, 0.1) is 0 Å². The Hall–Kier alpha value is -2.73. The third-order valence-corrected chi connectivity index (χ3v) is 8.19. The van der Waals surface area contributed by atoms with Gasteiger partial charge in [0, 0.05) is 37.2 Å². The number of nitrogens with two attached hydrogens (primary N) is 2. The standard InChI is InChI=1S/C26H35ClN6O4S/c27-18-9-7-17(8-10-18)22(25(35)30-19-5-2-1-3-6-19)33(12-4-11-32-13-15-37-16-14-32)26(36)23-20(28)21(24(29)34)31-38-23/h7-10,19,22H,1-6,11-16,28H2,(H2,29,34)(H,30,35)/t22-/m0/s1. The Morgan fingerprint density at radius 2 is 1.84 bits per heavy atom. The maximum atomic E-state index is 14.0. The second-order valence-electron chi connectivity index (χ2n) is 9.74. The average Bonchev–Trinajstić information content (AvgIpc) is 3.31. The number of aromatic nitrogens is 1. The van der Waals surface area contributed by atoms with Gasteiger partial charge in [0.05, 0.1) is 18.9 Å². The van der Waals surface area contributed by atoms with Gasteiger partial charge in [-0.15, -0.1) is 0 Å². The lowest BCUT2D eigenvalue weighted by Gasteiger charge is -2.34. The van der Waals surface area contributed by atoms with Crippen molar-refractivity contribution in [2.45, 2.75) is 50.6 Å². The normalized spacial score (nSPS) is 17.6. The van der Waals surface area contributed by atoms with Crippen LogP contribution in [0.25, 0.3) is 0 Å². The summed E-state index contributed by atoms with van der Waals surface area (Å²) in [6.07, 6.45) is 5.74. The van der Waals surface area contributed by atoms with E-state index in [-0.39, 0.29) is 28.2 Å². The fourth-order valence-electron chi connectivity index (χ4n) is 5.04. The van der Waals surface area contributed by atoms with Crippen molar-refractivity contribution < 1.29 is 19.1 Å². The molecule has 1 aliphatic carbocycles. The van der Waals surface area contributed by atoms with Gasteiger partial charge in [-0.2, -0.15) is 4.37 Å². The first kappa shape index (κ1) is 28.3. The van der Waals surface area contributed by atoms with E-state index in [1.165, 1.54) is 4.90 Å². The highest BCUT2D eigenvalue weighted by molar-refractivity contribution is 7.09. The quantitative estimate of drug-likeness (QED) is 0.404. The number of carbonyl (C=O) groups excluding carboxylic acids is 3. The summed E-state index contributed by atoms with van der Waals surface area (Å²) in [5.74, 6) is -1.52. The van der Waals surface area contributed by atoms with Crippen LogP contribution in [0.2, 0.25) is 5.02 Å². The molecule has 2 fully saturated rings. The molecule has 38 heavy (non-hydrogen) atoms. The molecule has 0 radical (unpaired) electrons. The number of benzene rings is 1. The van der Waals surface area contributed by atoms with E-state index in [2.05, 4.69) is 14.6 Å². The lowest BCUT2D eigenvalue weighted by Crippen LogP contribution is -2.48. The van der Waals surface area contributed by atoms with Gasteiger partial charge in [-0.25, -0.2) is 0 Å². The van der Waals surface area contributed by atoms with Crippen molar-refractivity contribution in [1.82, 2.24) is 19.5 Å². The van der Waals surface area contributed by atoms with Gasteiger partial charge >= 0.3 is 0 Å². The fourth-order valence-corrected chi connectivity index (χ4v) is 5.93. The van der Waals surface area contributed by atoms with Crippen molar-refractivity contribution in [3.63, 3.8) is 0 Å². The molecule has 1 saturated carbocycles. The van der Waals surface area contributed by atoms with Crippen LogP contribution in [0.4, 0.5) is 5.69 Å². The molecule has 12 heteroatoms. The smallest absolute Gasteiger partial charge is 0.270 e. The number of primary amides is 1. The first-order chi connectivity index (χ1) is 18.3. The molecule has 2 aromatic rings. The van der Waals surface area contributed by atoms with Crippen molar-refractivity contribution in [3.8, 4) is 0 Å². The second-order valence-corrected chi connectivity index (χ2v) is 11.0. The number of nitrogen functional groups attached to an aromatic ring is 1. The minimum Gasteiger partial charge on any atom is -0.395 e. The van der Waals surface area contributed by atoms with Crippen molar-refractivity contribution in [3.05, 3.63) is 45.4 Å². The lowest BCUT2D eigenvalue weighted by atomic mass is 9.94. The molecule has 3 amide bonds. The highest BCUT2D eigenvalue weighted by Crippen LogP contribution is 2.30. The lowest BCUT2D eigenvalue weighted by molar-refractivity contribution is -0.127. The van der Waals surface area contributed by atoms with Gasteiger partial charge < -0.3 is 26.4 Å². The van der Waals surface area contributed by atoms with Crippen LogP contribution in [0.15, 0.2) is 24.3 Å². The van der Waals surface area contributed by atoms with Gasteiger partial charge in [-0.1, -0.05) is 43.0 Å². The largest absolute Gasteiger partial charge is 0.395 e. The third-order valence-electron chi connectivity index (χ3n) is 7.09. The number of ether oxygens (including phenoxy) is 1. The van der Waals surface area contributed by atoms with Crippen LogP contribution in [-0.4, -0.2) is 77.3 Å². The summed E-state index contributed by atoms with van der Waals surface area (Å²) < 4.78 is 9.45. The predicted molar refractivity (Wildman–Crippen MR) is 147 cm³/mol. The number of nitrogens with zero attached hydrogens (tertiary/aromatic N) is 3. The van der Waals surface area contributed by atoms with Crippen LogP contribution < -0.4 is 16.8 Å². The van der Waals surface area contributed by atoms with Gasteiger partial charge in [-0.3, -0.25) is 19.3 Å². The topological polar surface area (TPSA) is 144 Å². The minimum absolute atomic E-state index is 0.0614. The van der Waals surface area contributed by atoms with Gasteiger partial charge in [0.15, 0.2) is 5.69 Å². The van der Waals surface area contributed by atoms with Crippen LogP contribution in [0.1, 0.15) is 70.3 Å². The predicted octanol–water partition coefficient (Wildman–Crippen LogP) is 2.83. The Balaban J connectivity index is 1.65. The Morgan fingerprint density at radius 1 is 1.16 bits per heavy atom. The molecule has 1 aromatic carbocycles. The average molecular weight is 563 g/mol. The fraction of sp³-hybridized carbons (Fsp3) is 0.538. The van der Waals surface area contributed by atoms with Crippen LogP contribution >= 0.6 is 23.1 Å². The molecular weight excluding hydrogens is 528 g/mol. The second kappa shape index (κ2) is 13.4. The number of morpholine rings is 1. The molecule has 0 unspecified atom stereocenters. The summed E-state index contributed by atoms with van der Waals surface area (Å²) in [7, 11) is 0. The molecule has 5 N–H and O–H groups in total. The van der Waals surface area contributed by atoms with E-state index < -0.39 is 17.9 Å². The van der Waals surface area contributed by atoms with E-state index in [4.69, 9.17) is 27.8 Å². The molecule has 10 nitrogen and oxygen atoms in total. The zero-order chi connectivity index (χ0) is 27.1. The summed E-state index contributed by atoms with van der Waals surface area (Å²) in [5.41, 5.74) is 12.0. The molecule has 1 aliphatic heterocycles. The number of rotatable bonds is 10. The van der Waals surface area contributed by atoms with Crippen molar-refractivity contribution in [2.75, 3.05) is 45.1 Å². The molecule has 0 bridgehead atoms. The van der Waals surface area contributed by atoms with E-state index in [9.17, 15) is 14.4 Å². The van der Waals surface area contributed by atoms with Gasteiger partial charge in [-0.05, 0) is 48.5 Å². The zero-order valence-electron chi connectivity index (χ0n) is 21.4. The molecule has 4 rings (SSSR count). The number of carbonyl (C=O) groups is 3. The Morgan fingerprint density at radius 3 is 2.47 bits per heavy atom. The van der Waals surface area contributed by atoms with Crippen LogP contribution in [0.3, 0.4) is 0 Å². The van der Waals surface area contributed by atoms with E-state index in [1.54, 1.807) is 24.3 Å². The molecule has 1 aromatic heterocycles. The number of anilines is 1. The third kappa shape index (κ3) is 7.02. The molecule has 2 aliphatic rings. The number of hydrogen-bond acceptors (Lipinski definition) is 8. The van der Waals surface area contributed by atoms with Gasteiger partial charge in [0.1, 0.15) is 10.9 Å². The van der Waals surface area contributed by atoms with Crippen molar-refractivity contribution in [1.29, 1.82) is 0 Å². The molecule has 2 heterocycles. The Bertz CT molecular complexity index is 1120. The molecule has 206 valence electrons. The van der Waals surface area contributed by atoms with Gasteiger partial charge in [0.25, 0.3) is 11.8 Å². The van der Waals surface area contributed by atoms with Gasteiger partial charge in [0.2, 0.25) is 5.91 Å². The first-order valence-electron chi connectivity index (χ1n) is 13.1.